The number of carbonyl (C=O) groups is 2. The van der Waals surface area contributed by atoms with Gasteiger partial charge in [-0.1, -0.05) is 34.8 Å². The van der Waals surface area contributed by atoms with Gasteiger partial charge in [0.25, 0.3) is 0 Å². The number of carbonyl (C=O) groups excluding carboxylic acids is 2. The van der Waals surface area contributed by atoms with Crippen molar-refractivity contribution in [2.24, 2.45) is 0 Å². The molecule has 0 heterocycles. The smallest absolute Gasteiger partial charge is 0.241 e. The van der Waals surface area contributed by atoms with E-state index in [9.17, 15) is 9.59 Å². The molecule has 0 aliphatic heterocycles. The fraction of sp³-hybridized carbons (Fsp3) is 0.222. The molecule has 5 nitrogen and oxygen atoms in total. The average molecular weight is 415 g/mol. The zero-order chi connectivity index (χ0) is 19.3. The van der Waals surface area contributed by atoms with E-state index in [0.717, 1.165) is 0 Å². The fourth-order valence-corrected chi connectivity index (χ4v) is 2.54. The van der Waals surface area contributed by atoms with Crippen LogP contribution in [0.2, 0.25) is 15.1 Å². The van der Waals surface area contributed by atoms with Gasteiger partial charge in [-0.15, -0.1) is 0 Å². The second-order valence-electron chi connectivity index (χ2n) is 5.76. The average Bonchev–Trinajstić information content (AvgIpc) is 2.59. The van der Waals surface area contributed by atoms with Crippen LogP contribution < -0.4 is 10.6 Å². The van der Waals surface area contributed by atoms with E-state index in [1.807, 2.05) is 0 Å². The van der Waals surface area contributed by atoms with Crippen LogP contribution in [0.15, 0.2) is 42.5 Å². The van der Waals surface area contributed by atoms with E-state index in [1.54, 1.807) is 61.3 Å². The minimum Gasteiger partial charge on any atom is -0.325 e. The molecule has 0 spiro atoms. The maximum Gasteiger partial charge on any atom is 0.241 e. The normalized spacial score (nSPS) is 11.9. The van der Waals surface area contributed by atoms with E-state index in [1.165, 1.54) is 0 Å². The lowest BCUT2D eigenvalue weighted by Gasteiger charge is -2.23. The van der Waals surface area contributed by atoms with Gasteiger partial charge in [-0.05, 0) is 56.4 Å². The third kappa shape index (κ3) is 5.88. The Labute approximate surface area is 167 Å². The fourth-order valence-electron chi connectivity index (χ4n) is 2.12. The van der Waals surface area contributed by atoms with Crippen LogP contribution in [0.4, 0.5) is 11.4 Å². The summed E-state index contributed by atoms with van der Waals surface area (Å²) in [6.45, 7) is 1.76. The molecule has 2 aromatic rings. The second kappa shape index (κ2) is 9.24. The summed E-state index contributed by atoms with van der Waals surface area (Å²) in [6.07, 6.45) is 0. The van der Waals surface area contributed by atoms with Gasteiger partial charge in [-0.25, -0.2) is 0 Å². The first-order chi connectivity index (χ1) is 12.3. The lowest BCUT2D eigenvalue weighted by Crippen LogP contribution is -2.43. The Balaban J connectivity index is 1.89. The third-order valence-corrected chi connectivity index (χ3v) is 4.74. The Kier molecular flexibility index (Phi) is 7.29. The van der Waals surface area contributed by atoms with E-state index in [0.29, 0.717) is 26.4 Å². The summed E-state index contributed by atoms with van der Waals surface area (Å²) in [5.74, 6) is -0.491. The van der Waals surface area contributed by atoms with Gasteiger partial charge in [-0.3, -0.25) is 14.5 Å². The first-order valence-corrected chi connectivity index (χ1v) is 8.91. The van der Waals surface area contributed by atoms with Gasteiger partial charge in [0.1, 0.15) is 0 Å². The van der Waals surface area contributed by atoms with Crippen molar-refractivity contribution in [1.29, 1.82) is 0 Å². The number of nitrogens with zero attached hydrogens (tertiary/aromatic N) is 1. The molecular weight excluding hydrogens is 397 g/mol. The quantitative estimate of drug-likeness (QED) is 0.729. The molecule has 8 heteroatoms. The maximum atomic E-state index is 12.3. The van der Waals surface area contributed by atoms with E-state index < -0.39 is 6.04 Å². The molecular formula is C18H18Cl3N3O2. The minimum atomic E-state index is -0.509. The zero-order valence-electron chi connectivity index (χ0n) is 14.2. The molecule has 0 saturated carbocycles. The van der Waals surface area contributed by atoms with Crippen LogP contribution in [0.5, 0.6) is 0 Å². The molecule has 2 rings (SSSR count). The van der Waals surface area contributed by atoms with Crippen molar-refractivity contribution >= 4 is 58.0 Å². The van der Waals surface area contributed by atoms with E-state index >= 15 is 0 Å². The second-order valence-corrected chi connectivity index (χ2v) is 7.02. The summed E-state index contributed by atoms with van der Waals surface area (Å²) in [6, 6.07) is 11.1. The van der Waals surface area contributed by atoms with Crippen LogP contribution in [-0.2, 0) is 9.59 Å². The minimum absolute atomic E-state index is 0.0372. The van der Waals surface area contributed by atoms with Gasteiger partial charge in [0, 0.05) is 16.4 Å². The highest BCUT2D eigenvalue weighted by atomic mass is 35.5. The van der Waals surface area contributed by atoms with Gasteiger partial charge >= 0.3 is 0 Å². The van der Waals surface area contributed by atoms with Crippen LogP contribution in [0.25, 0.3) is 0 Å². The molecule has 0 bridgehead atoms. The molecule has 2 aromatic carbocycles. The van der Waals surface area contributed by atoms with Crippen molar-refractivity contribution in [3.8, 4) is 0 Å². The number of rotatable bonds is 6. The Morgan fingerprint density at radius 1 is 0.962 bits per heavy atom. The molecule has 2 amide bonds. The van der Waals surface area contributed by atoms with Crippen LogP contribution in [0.1, 0.15) is 6.92 Å². The van der Waals surface area contributed by atoms with Crippen LogP contribution in [-0.4, -0.2) is 36.3 Å². The number of nitrogens with one attached hydrogen (secondary N) is 2. The highest BCUT2D eigenvalue weighted by Gasteiger charge is 2.20. The number of amides is 2. The third-order valence-electron chi connectivity index (χ3n) is 3.75. The molecule has 1 atom stereocenters. The summed E-state index contributed by atoms with van der Waals surface area (Å²) >= 11 is 17.6. The number of hydrogen-bond acceptors (Lipinski definition) is 3. The van der Waals surface area contributed by atoms with Crippen LogP contribution >= 0.6 is 34.8 Å². The van der Waals surface area contributed by atoms with E-state index in [-0.39, 0.29) is 18.4 Å². The number of anilines is 2. The topological polar surface area (TPSA) is 61.4 Å². The van der Waals surface area contributed by atoms with Crippen molar-refractivity contribution in [2.45, 2.75) is 13.0 Å². The van der Waals surface area contributed by atoms with Gasteiger partial charge in [0.05, 0.1) is 22.6 Å². The van der Waals surface area contributed by atoms with Gasteiger partial charge in [-0.2, -0.15) is 0 Å². The molecule has 0 aromatic heterocycles. The van der Waals surface area contributed by atoms with Crippen LogP contribution in [0, 0.1) is 0 Å². The Morgan fingerprint density at radius 3 is 2.19 bits per heavy atom. The van der Waals surface area contributed by atoms with Crippen LogP contribution in [0.3, 0.4) is 0 Å². The van der Waals surface area contributed by atoms with E-state index in [4.69, 9.17) is 34.8 Å². The number of benzene rings is 2. The summed E-state index contributed by atoms with van der Waals surface area (Å²) in [7, 11) is 1.69. The van der Waals surface area contributed by atoms with Crippen molar-refractivity contribution in [1.82, 2.24) is 4.90 Å². The predicted octanol–water partition coefficient (Wildman–Crippen LogP) is 4.54. The molecule has 0 fully saturated rings. The molecule has 0 saturated heterocycles. The SMILES string of the molecule is C[C@@H](C(=O)Nc1ccc(Cl)cc1)N(C)CC(=O)Nc1ccc(Cl)c(Cl)c1. The highest BCUT2D eigenvalue weighted by Crippen LogP contribution is 2.25. The zero-order valence-corrected chi connectivity index (χ0v) is 16.5. The maximum absolute atomic E-state index is 12.3. The predicted molar refractivity (Wildman–Crippen MR) is 107 cm³/mol. The number of hydrogen-bond donors (Lipinski definition) is 2. The monoisotopic (exact) mass is 413 g/mol. The number of halogens is 3. The molecule has 138 valence electrons. The summed E-state index contributed by atoms with van der Waals surface area (Å²) in [4.78, 5) is 26.1. The Morgan fingerprint density at radius 2 is 1.58 bits per heavy atom. The first-order valence-electron chi connectivity index (χ1n) is 7.78. The van der Waals surface area contributed by atoms with Crippen molar-refractivity contribution < 1.29 is 9.59 Å². The standard InChI is InChI=1S/C18H18Cl3N3O2/c1-11(18(26)23-13-5-3-12(19)4-6-13)24(2)10-17(25)22-14-7-8-15(20)16(21)9-14/h3-9,11H,10H2,1-2H3,(H,22,25)(H,23,26)/t11-/m0/s1. The van der Waals surface area contributed by atoms with Gasteiger partial charge in [0.2, 0.25) is 11.8 Å². The summed E-state index contributed by atoms with van der Waals surface area (Å²) in [5, 5.41) is 6.86. The molecule has 0 unspecified atom stereocenters. The lowest BCUT2D eigenvalue weighted by molar-refractivity contribution is -0.122. The van der Waals surface area contributed by atoms with Gasteiger partial charge < -0.3 is 10.6 Å². The molecule has 0 radical (unpaired) electrons. The summed E-state index contributed by atoms with van der Waals surface area (Å²) < 4.78 is 0. The Hall–Kier alpha value is -1.79. The highest BCUT2D eigenvalue weighted by molar-refractivity contribution is 6.42. The van der Waals surface area contributed by atoms with Crippen molar-refractivity contribution in [2.75, 3.05) is 24.2 Å². The van der Waals surface area contributed by atoms with Crippen molar-refractivity contribution in [3.05, 3.63) is 57.5 Å². The largest absolute Gasteiger partial charge is 0.325 e. The Bertz CT molecular complexity index is 797. The first kappa shape index (κ1) is 20.5. The molecule has 26 heavy (non-hydrogen) atoms. The molecule has 0 aliphatic carbocycles. The number of likely N-dealkylation sites (N-methyl/N-ethyl adjacent to an activating group) is 1. The molecule has 0 aliphatic rings. The lowest BCUT2D eigenvalue weighted by atomic mass is 10.2. The summed E-state index contributed by atoms with van der Waals surface area (Å²) in [5.41, 5.74) is 1.18. The van der Waals surface area contributed by atoms with Crippen molar-refractivity contribution in [3.63, 3.8) is 0 Å². The van der Waals surface area contributed by atoms with E-state index in [2.05, 4.69) is 10.6 Å². The molecule has 2 N–H and O–H groups in total. The van der Waals surface area contributed by atoms with Gasteiger partial charge in [0.15, 0.2) is 0 Å².